The van der Waals surface area contributed by atoms with Gasteiger partial charge in [-0.05, 0) is 36.6 Å². The van der Waals surface area contributed by atoms with Crippen molar-refractivity contribution < 1.29 is 14.3 Å². The van der Waals surface area contributed by atoms with E-state index in [0.29, 0.717) is 37.9 Å². The van der Waals surface area contributed by atoms with Gasteiger partial charge in [0.1, 0.15) is 11.0 Å². The van der Waals surface area contributed by atoms with Crippen molar-refractivity contribution in [3.8, 4) is 17.0 Å². The topological polar surface area (TPSA) is 120 Å². The third-order valence-electron chi connectivity index (χ3n) is 6.84. The van der Waals surface area contributed by atoms with Crippen LogP contribution in [-0.2, 0) is 16.6 Å². The highest BCUT2D eigenvalue weighted by Crippen LogP contribution is 2.42. The Morgan fingerprint density at radius 1 is 1.24 bits per heavy atom. The van der Waals surface area contributed by atoms with Gasteiger partial charge in [-0.1, -0.05) is 18.2 Å². The Labute approximate surface area is 195 Å². The predicted octanol–water partition coefficient (Wildman–Crippen LogP) is 1.78. The number of benzene rings is 1. The van der Waals surface area contributed by atoms with Crippen LogP contribution in [0.1, 0.15) is 19.8 Å². The number of anilines is 1. The fourth-order valence-electron chi connectivity index (χ4n) is 4.80. The van der Waals surface area contributed by atoms with E-state index in [1.165, 1.54) is 0 Å². The number of hydrogen-bond acceptors (Lipinski definition) is 8. The van der Waals surface area contributed by atoms with Crippen molar-refractivity contribution in [3.05, 3.63) is 30.5 Å². The lowest BCUT2D eigenvalue weighted by molar-refractivity contribution is -0.139. The number of nitrogens with one attached hydrogen (secondary N) is 2. The molecule has 3 aromatic heterocycles. The summed E-state index contributed by atoms with van der Waals surface area (Å²) in [6.07, 6.45) is 3.32. The molecule has 1 saturated heterocycles. The van der Waals surface area contributed by atoms with Crippen molar-refractivity contribution in [2.24, 2.45) is 12.5 Å². The Morgan fingerprint density at radius 2 is 2.06 bits per heavy atom. The summed E-state index contributed by atoms with van der Waals surface area (Å²) in [6, 6.07) is 8.26. The molecule has 0 radical (unpaired) electrons. The van der Waals surface area contributed by atoms with E-state index < -0.39 is 0 Å². The van der Waals surface area contributed by atoms with Crippen LogP contribution in [0.3, 0.4) is 0 Å². The van der Waals surface area contributed by atoms with E-state index >= 15 is 0 Å². The molecular weight excluding hydrogens is 436 g/mol. The number of methoxy groups -OCH3 is 1. The van der Waals surface area contributed by atoms with Crippen LogP contribution in [0.2, 0.25) is 0 Å². The lowest BCUT2D eigenvalue weighted by atomic mass is 9.66. The third-order valence-corrected chi connectivity index (χ3v) is 6.84. The molecule has 0 spiro atoms. The Bertz CT molecular complexity index is 1400. The number of amides is 1. The average Bonchev–Trinajstić information content (AvgIpc) is 3.37. The summed E-state index contributed by atoms with van der Waals surface area (Å²) in [6.45, 7) is 3.20. The molecule has 34 heavy (non-hydrogen) atoms. The van der Waals surface area contributed by atoms with Crippen LogP contribution in [0.5, 0.6) is 5.88 Å². The zero-order valence-corrected chi connectivity index (χ0v) is 19.3. The van der Waals surface area contributed by atoms with Gasteiger partial charge >= 0.3 is 0 Å². The SMILES string of the molecule is COc1nc(NC2CC(C)(C(=O)NC3COC3)C2)nn2ccc(-c3ccc4nnn(C)c4c3)c12. The van der Waals surface area contributed by atoms with Crippen molar-refractivity contribution in [1.29, 1.82) is 0 Å². The minimum absolute atomic E-state index is 0.0865. The summed E-state index contributed by atoms with van der Waals surface area (Å²) < 4.78 is 14.3. The van der Waals surface area contributed by atoms with Gasteiger partial charge in [-0.25, -0.2) is 9.20 Å². The summed E-state index contributed by atoms with van der Waals surface area (Å²) in [5.41, 5.74) is 4.13. The van der Waals surface area contributed by atoms with E-state index in [1.54, 1.807) is 16.3 Å². The smallest absolute Gasteiger partial charge is 0.244 e. The summed E-state index contributed by atoms with van der Waals surface area (Å²) in [5.74, 6) is 1.03. The molecule has 2 N–H and O–H groups in total. The van der Waals surface area contributed by atoms with Crippen molar-refractivity contribution >= 4 is 28.4 Å². The zero-order valence-electron chi connectivity index (χ0n) is 19.3. The molecule has 6 rings (SSSR count). The lowest BCUT2D eigenvalue weighted by Gasteiger charge is -2.45. The first-order chi connectivity index (χ1) is 16.4. The number of fused-ring (bicyclic) bond motifs is 2. The number of rotatable bonds is 6. The molecule has 1 saturated carbocycles. The molecule has 1 amide bonds. The van der Waals surface area contributed by atoms with Crippen LogP contribution in [0.25, 0.3) is 27.7 Å². The highest BCUT2D eigenvalue weighted by atomic mass is 16.5. The maximum Gasteiger partial charge on any atom is 0.244 e. The van der Waals surface area contributed by atoms with Crippen LogP contribution in [0, 0.1) is 5.41 Å². The van der Waals surface area contributed by atoms with E-state index in [-0.39, 0.29) is 23.4 Å². The van der Waals surface area contributed by atoms with E-state index in [2.05, 4.69) is 31.0 Å². The number of ether oxygens (including phenoxy) is 2. The molecule has 11 nitrogen and oxygen atoms in total. The third kappa shape index (κ3) is 3.35. The van der Waals surface area contributed by atoms with Crippen molar-refractivity contribution in [2.45, 2.75) is 31.8 Å². The second kappa shape index (κ2) is 7.66. The maximum absolute atomic E-state index is 12.6. The summed E-state index contributed by atoms with van der Waals surface area (Å²) in [7, 11) is 3.47. The van der Waals surface area contributed by atoms with E-state index in [1.807, 2.05) is 44.4 Å². The van der Waals surface area contributed by atoms with E-state index in [0.717, 1.165) is 27.7 Å². The van der Waals surface area contributed by atoms with Crippen molar-refractivity contribution in [2.75, 3.05) is 25.6 Å². The first-order valence-electron chi connectivity index (χ1n) is 11.3. The van der Waals surface area contributed by atoms with Crippen molar-refractivity contribution in [1.82, 2.24) is 34.9 Å². The van der Waals surface area contributed by atoms with Crippen LogP contribution in [-0.4, -0.2) is 67.9 Å². The van der Waals surface area contributed by atoms with Gasteiger partial charge in [0.05, 0.1) is 37.3 Å². The first kappa shape index (κ1) is 20.8. The molecule has 1 aliphatic heterocycles. The van der Waals surface area contributed by atoms with E-state index in [9.17, 15) is 4.79 Å². The van der Waals surface area contributed by atoms with Gasteiger partial charge in [-0.2, -0.15) is 4.98 Å². The molecule has 176 valence electrons. The van der Waals surface area contributed by atoms with Crippen LogP contribution in [0.4, 0.5) is 5.95 Å². The molecule has 1 aliphatic carbocycles. The molecule has 2 fully saturated rings. The average molecular weight is 463 g/mol. The molecular formula is C23H26N8O3. The number of hydrogen-bond donors (Lipinski definition) is 2. The minimum Gasteiger partial charge on any atom is -0.479 e. The Kier molecular flexibility index (Phi) is 4.70. The van der Waals surface area contributed by atoms with Crippen LogP contribution < -0.4 is 15.4 Å². The maximum atomic E-state index is 12.6. The quantitative estimate of drug-likeness (QED) is 0.445. The molecule has 11 heteroatoms. The lowest BCUT2D eigenvalue weighted by Crippen LogP contribution is -2.58. The zero-order chi connectivity index (χ0) is 23.4. The fraction of sp³-hybridized carbons (Fsp3) is 0.435. The van der Waals surface area contributed by atoms with E-state index in [4.69, 9.17) is 9.47 Å². The van der Waals surface area contributed by atoms with Gasteiger partial charge in [0, 0.05) is 24.8 Å². The Balaban J connectivity index is 1.23. The molecule has 2 aliphatic rings. The monoisotopic (exact) mass is 462 g/mol. The molecule has 0 unspecified atom stereocenters. The molecule has 4 aromatic rings. The number of carbonyl (C=O) groups is 1. The van der Waals surface area contributed by atoms with Gasteiger partial charge in [0.25, 0.3) is 0 Å². The minimum atomic E-state index is -0.388. The second-order valence-electron chi connectivity index (χ2n) is 9.40. The summed E-state index contributed by atoms with van der Waals surface area (Å²) in [5, 5.41) is 19.3. The van der Waals surface area contributed by atoms with Crippen LogP contribution >= 0.6 is 0 Å². The molecule has 4 heterocycles. The highest BCUT2D eigenvalue weighted by Gasteiger charge is 2.47. The normalized spacial score (nSPS) is 22.4. The van der Waals surface area contributed by atoms with Gasteiger partial charge < -0.3 is 20.1 Å². The van der Waals surface area contributed by atoms with Gasteiger partial charge in [0.2, 0.25) is 17.7 Å². The van der Waals surface area contributed by atoms with Gasteiger partial charge in [-0.3, -0.25) is 4.79 Å². The summed E-state index contributed by atoms with van der Waals surface area (Å²) >= 11 is 0. The Morgan fingerprint density at radius 3 is 2.79 bits per heavy atom. The van der Waals surface area contributed by atoms with Gasteiger partial charge in [-0.15, -0.1) is 10.2 Å². The standard InChI is InChI=1S/C23H26N8O3/c1-23(21(32)24-15-11-34-12-15)9-14(10-23)25-22-26-20(33-3)19-16(6-7-31(19)28-22)13-4-5-17-18(8-13)30(2)29-27-17/h4-8,14-15H,9-12H2,1-3H3,(H,24,32)(H,25,28). The summed E-state index contributed by atoms with van der Waals surface area (Å²) in [4.78, 5) is 17.2. The number of nitrogens with zero attached hydrogens (tertiary/aromatic N) is 6. The molecule has 1 aromatic carbocycles. The second-order valence-corrected chi connectivity index (χ2v) is 9.40. The number of carbonyl (C=O) groups excluding carboxylic acids is 1. The predicted molar refractivity (Wildman–Crippen MR) is 125 cm³/mol. The number of aromatic nitrogens is 6. The van der Waals surface area contributed by atoms with Gasteiger partial charge in [0.15, 0.2) is 0 Å². The fourth-order valence-corrected chi connectivity index (χ4v) is 4.80. The largest absolute Gasteiger partial charge is 0.479 e. The number of aryl methyl sites for hydroxylation is 1. The first-order valence-corrected chi connectivity index (χ1v) is 11.3. The Hall–Kier alpha value is -3.73. The van der Waals surface area contributed by atoms with Crippen LogP contribution in [0.15, 0.2) is 30.5 Å². The molecule has 0 bridgehead atoms. The molecule has 0 atom stereocenters. The van der Waals surface area contributed by atoms with Crippen molar-refractivity contribution in [3.63, 3.8) is 0 Å². The highest BCUT2D eigenvalue weighted by molar-refractivity contribution is 5.89.